The van der Waals surface area contributed by atoms with Gasteiger partial charge in [-0.15, -0.1) is 0 Å². The number of halogens is 1. The van der Waals surface area contributed by atoms with Gasteiger partial charge in [-0.1, -0.05) is 99.6 Å². The molecule has 180 valence electrons. The molecule has 1 heterocycles. The Morgan fingerprint density at radius 1 is 0.943 bits per heavy atom. The smallest absolute Gasteiger partial charge is 0.266 e. The van der Waals surface area contributed by atoms with E-state index < -0.39 is 0 Å². The Labute approximate surface area is 224 Å². The van der Waals surface area contributed by atoms with Gasteiger partial charge in [-0.2, -0.15) is 0 Å². The summed E-state index contributed by atoms with van der Waals surface area (Å²) >= 11 is 10.5. The van der Waals surface area contributed by atoms with Crippen LogP contribution in [0.25, 0.3) is 6.08 Å². The summed E-state index contributed by atoms with van der Waals surface area (Å²) in [4.78, 5) is 15.4. The molecule has 0 atom stereocenters. The third kappa shape index (κ3) is 6.34. The lowest BCUT2D eigenvalue weighted by Gasteiger charge is -2.15. The van der Waals surface area contributed by atoms with Crippen molar-refractivity contribution in [1.82, 2.24) is 4.90 Å². The van der Waals surface area contributed by atoms with Gasteiger partial charge in [0.2, 0.25) is 0 Å². The van der Waals surface area contributed by atoms with Crippen molar-refractivity contribution in [2.24, 2.45) is 0 Å². The molecule has 3 aromatic rings. The van der Waals surface area contributed by atoms with E-state index >= 15 is 0 Å². The number of carbonyl (C=O) groups excluding carboxylic acids is 1. The first-order chi connectivity index (χ1) is 16.8. The largest absolute Gasteiger partial charge is 0.490 e. The van der Waals surface area contributed by atoms with Crippen molar-refractivity contribution in [3.8, 4) is 11.5 Å². The number of thioether (sulfide) groups is 1. The van der Waals surface area contributed by atoms with Crippen molar-refractivity contribution >= 4 is 56.2 Å². The Balaban J connectivity index is 1.54. The van der Waals surface area contributed by atoms with Crippen LogP contribution in [0.5, 0.6) is 11.5 Å². The standard InChI is InChI=1S/C28H26BrNO3S2/c1-4-32-24-13-22(23(29)15-25(24)33-17-21-11-7-19(3)8-12-21)14-26-27(31)30(28(34)35-26)16-20-9-5-18(2)6-10-20/h5-15H,4,16-17H2,1-3H3/b26-14-. The van der Waals surface area contributed by atoms with E-state index in [0.29, 0.717) is 40.5 Å². The number of nitrogens with zero attached hydrogens (tertiary/aromatic N) is 1. The van der Waals surface area contributed by atoms with Crippen LogP contribution in [0.4, 0.5) is 0 Å². The lowest BCUT2D eigenvalue weighted by molar-refractivity contribution is -0.122. The molecule has 0 aromatic heterocycles. The Kier molecular flexibility index (Phi) is 8.31. The van der Waals surface area contributed by atoms with Crippen molar-refractivity contribution in [3.05, 3.63) is 97.9 Å². The van der Waals surface area contributed by atoms with E-state index in [-0.39, 0.29) is 5.91 Å². The fourth-order valence-corrected chi connectivity index (χ4v) is 5.22. The molecule has 7 heteroatoms. The van der Waals surface area contributed by atoms with Crippen LogP contribution < -0.4 is 9.47 Å². The highest BCUT2D eigenvalue weighted by Gasteiger charge is 2.32. The minimum Gasteiger partial charge on any atom is -0.490 e. The van der Waals surface area contributed by atoms with E-state index in [9.17, 15) is 4.79 Å². The molecule has 1 aliphatic heterocycles. The summed E-state index contributed by atoms with van der Waals surface area (Å²) in [5, 5.41) is 0. The van der Waals surface area contributed by atoms with E-state index in [1.54, 1.807) is 4.90 Å². The molecule has 1 aliphatic rings. The molecule has 35 heavy (non-hydrogen) atoms. The van der Waals surface area contributed by atoms with Gasteiger partial charge < -0.3 is 9.47 Å². The van der Waals surface area contributed by atoms with E-state index in [1.165, 1.54) is 22.9 Å². The molecule has 3 aromatic carbocycles. The molecule has 0 spiro atoms. The average molecular weight is 569 g/mol. The number of amides is 1. The molecule has 4 nitrogen and oxygen atoms in total. The van der Waals surface area contributed by atoms with Gasteiger partial charge in [0.1, 0.15) is 10.9 Å². The second-order valence-electron chi connectivity index (χ2n) is 8.28. The van der Waals surface area contributed by atoms with Crippen molar-refractivity contribution in [1.29, 1.82) is 0 Å². The molecule has 4 rings (SSSR count). The van der Waals surface area contributed by atoms with Gasteiger partial charge in [-0.3, -0.25) is 9.69 Å². The molecule has 1 fully saturated rings. The number of hydrogen-bond donors (Lipinski definition) is 0. The maximum atomic E-state index is 13.1. The number of rotatable bonds is 8. The molecule has 1 amide bonds. The van der Waals surface area contributed by atoms with Crippen molar-refractivity contribution in [2.75, 3.05) is 6.61 Å². The van der Waals surface area contributed by atoms with E-state index in [0.717, 1.165) is 21.2 Å². The van der Waals surface area contributed by atoms with E-state index in [1.807, 2.05) is 56.3 Å². The molecule has 0 radical (unpaired) electrons. The van der Waals surface area contributed by atoms with Gasteiger partial charge in [0.25, 0.3) is 5.91 Å². The Morgan fingerprint density at radius 2 is 1.54 bits per heavy atom. The minimum absolute atomic E-state index is 0.0925. The number of ether oxygens (including phenoxy) is 2. The fourth-order valence-electron chi connectivity index (χ4n) is 3.54. The lowest BCUT2D eigenvalue weighted by Crippen LogP contribution is -2.27. The van der Waals surface area contributed by atoms with Crippen molar-refractivity contribution < 1.29 is 14.3 Å². The first-order valence-electron chi connectivity index (χ1n) is 11.3. The SMILES string of the molecule is CCOc1cc(/C=C2\SC(=S)N(Cc3ccc(C)cc3)C2=O)c(Br)cc1OCc1ccc(C)cc1. The summed E-state index contributed by atoms with van der Waals surface area (Å²) < 4.78 is 13.3. The van der Waals surface area contributed by atoms with Crippen molar-refractivity contribution in [2.45, 2.75) is 33.9 Å². The molecule has 0 unspecified atom stereocenters. The van der Waals surface area contributed by atoms with Gasteiger partial charge in [-0.05, 0) is 55.7 Å². The minimum atomic E-state index is -0.0925. The average Bonchev–Trinajstić information content (AvgIpc) is 3.10. The fraction of sp³-hybridized carbons (Fsp3) is 0.214. The van der Waals surface area contributed by atoms with Crippen LogP contribution in [0.1, 0.15) is 34.7 Å². The third-order valence-corrected chi connectivity index (χ3v) is 7.56. The summed E-state index contributed by atoms with van der Waals surface area (Å²) in [6.07, 6.45) is 1.85. The van der Waals surface area contributed by atoms with Gasteiger partial charge >= 0.3 is 0 Å². The quantitative estimate of drug-likeness (QED) is 0.209. The number of carbonyl (C=O) groups is 1. The maximum Gasteiger partial charge on any atom is 0.266 e. The summed E-state index contributed by atoms with van der Waals surface area (Å²) in [5.74, 6) is 1.18. The topological polar surface area (TPSA) is 38.8 Å². The molecule has 1 saturated heterocycles. The zero-order chi connectivity index (χ0) is 24.9. The predicted molar refractivity (Wildman–Crippen MR) is 151 cm³/mol. The highest BCUT2D eigenvalue weighted by molar-refractivity contribution is 9.10. The van der Waals surface area contributed by atoms with Gasteiger partial charge in [-0.25, -0.2) is 0 Å². The number of hydrogen-bond acceptors (Lipinski definition) is 5. The van der Waals surface area contributed by atoms with Crippen LogP contribution in [0.3, 0.4) is 0 Å². The van der Waals surface area contributed by atoms with Crippen LogP contribution in [0, 0.1) is 13.8 Å². The predicted octanol–water partition coefficient (Wildman–Crippen LogP) is 7.45. The van der Waals surface area contributed by atoms with Crippen LogP contribution in [-0.4, -0.2) is 21.7 Å². The van der Waals surface area contributed by atoms with Gasteiger partial charge in [0, 0.05) is 4.47 Å². The number of benzene rings is 3. The van der Waals surface area contributed by atoms with Crippen LogP contribution in [0.15, 0.2) is 70.0 Å². The van der Waals surface area contributed by atoms with E-state index in [4.69, 9.17) is 21.7 Å². The van der Waals surface area contributed by atoms with E-state index in [2.05, 4.69) is 47.1 Å². The normalized spacial score (nSPS) is 14.6. The monoisotopic (exact) mass is 567 g/mol. The molecule has 0 saturated carbocycles. The maximum absolute atomic E-state index is 13.1. The molecular formula is C28H26BrNO3S2. The molecule has 0 bridgehead atoms. The van der Waals surface area contributed by atoms with Gasteiger partial charge in [0.15, 0.2) is 11.5 Å². The summed E-state index contributed by atoms with van der Waals surface area (Å²) in [6.45, 7) is 7.43. The second kappa shape index (κ2) is 11.4. The first-order valence-corrected chi connectivity index (χ1v) is 13.3. The first kappa shape index (κ1) is 25.5. The van der Waals surface area contributed by atoms with Crippen molar-refractivity contribution in [3.63, 3.8) is 0 Å². The van der Waals surface area contributed by atoms with Crippen LogP contribution in [0.2, 0.25) is 0 Å². The molecular weight excluding hydrogens is 542 g/mol. The summed E-state index contributed by atoms with van der Waals surface area (Å²) in [6, 6.07) is 20.1. The second-order valence-corrected chi connectivity index (χ2v) is 10.8. The zero-order valence-electron chi connectivity index (χ0n) is 19.8. The molecule has 0 aliphatic carbocycles. The highest BCUT2D eigenvalue weighted by Crippen LogP contribution is 2.39. The third-order valence-electron chi connectivity index (χ3n) is 5.50. The Bertz CT molecular complexity index is 1270. The Morgan fingerprint density at radius 3 is 2.17 bits per heavy atom. The number of thiocarbonyl (C=S) groups is 1. The summed E-state index contributed by atoms with van der Waals surface area (Å²) in [7, 11) is 0. The zero-order valence-corrected chi connectivity index (χ0v) is 23.1. The lowest BCUT2D eigenvalue weighted by atomic mass is 10.1. The van der Waals surface area contributed by atoms with Crippen LogP contribution >= 0.6 is 39.9 Å². The van der Waals surface area contributed by atoms with Crippen LogP contribution in [-0.2, 0) is 17.9 Å². The molecule has 0 N–H and O–H groups in total. The number of aryl methyl sites for hydroxylation is 2. The van der Waals surface area contributed by atoms with Gasteiger partial charge in [0.05, 0.1) is 18.1 Å². The summed E-state index contributed by atoms with van der Waals surface area (Å²) in [5.41, 5.74) is 5.34. The highest BCUT2D eigenvalue weighted by atomic mass is 79.9. The Hall–Kier alpha value is -2.61.